The Morgan fingerprint density at radius 1 is 1.17 bits per heavy atom. The fraction of sp³-hybridized carbons (Fsp3) is 0.158. The predicted octanol–water partition coefficient (Wildman–Crippen LogP) is 3.12. The molecule has 4 rings (SSSR count). The van der Waals surface area contributed by atoms with Gasteiger partial charge in [-0.3, -0.25) is 4.79 Å². The number of carbonyl (C=O) groups excluding carboxylic acids is 1. The Morgan fingerprint density at radius 2 is 1.92 bits per heavy atom. The van der Waals surface area contributed by atoms with Crippen molar-refractivity contribution in [2.24, 2.45) is 0 Å². The maximum Gasteiger partial charge on any atom is 0.265 e. The number of rotatable bonds is 3. The van der Waals surface area contributed by atoms with Crippen LogP contribution in [0.1, 0.15) is 11.3 Å². The van der Waals surface area contributed by atoms with Crippen LogP contribution in [0.4, 0.5) is 5.69 Å². The molecule has 5 nitrogen and oxygen atoms in total. The lowest BCUT2D eigenvalue weighted by atomic mass is 10.1. The Labute approximate surface area is 139 Å². The minimum atomic E-state index is -0.498. The van der Waals surface area contributed by atoms with Crippen LogP contribution in [0.3, 0.4) is 0 Å². The van der Waals surface area contributed by atoms with Gasteiger partial charge in [-0.05, 0) is 30.7 Å². The first-order valence-electron chi connectivity index (χ1n) is 7.88. The standard InChI is InChI=1S/C19H17N3O2/c1-13-16(12-22(21-13)15-8-3-2-4-9-15)20-19(23)18-11-14-7-5-6-10-17(14)24-18/h2-10,12,18H,11H2,1H3,(H,20,23)/t18-/m0/s1. The number of ether oxygens (including phenoxy) is 1. The fourth-order valence-electron chi connectivity index (χ4n) is 2.84. The third-order valence-corrected chi connectivity index (χ3v) is 4.12. The zero-order chi connectivity index (χ0) is 16.5. The van der Waals surface area contributed by atoms with E-state index in [4.69, 9.17) is 4.74 Å². The highest BCUT2D eigenvalue weighted by molar-refractivity contribution is 5.95. The van der Waals surface area contributed by atoms with E-state index in [2.05, 4.69) is 10.4 Å². The molecule has 0 unspecified atom stereocenters. The van der Waals surface area contributed by atoms with Gasteiger partial charge in [0.05, 0.1) is 23.3 Å². The molecule has 0 bridgehead atoms. The predicted molar refractivity (Wildman–Crippen MR) is 91.5 cm³/mol. The average molecular weight is 319 g/mol. The third-order valence-electron chi connectivity index (χ3n) is 4.12. The topological polar surface area (TPSA) is 56.2 Å². The SMILES string of the molecule is Cc1nn(-c2ccccc2)cc1NC(=O)[C@@H]1Cc2ccccc2O1. The summed E-state index contributed by atoms with van der Waals surface area (Å²) in [4.78, 5) is 12.5. The highest BCUT2D eigenvalue weighted by atomic mass is 16.5. The van der Waals surface area contributed by atoms with Crippen LogP contribution in [0.25, 0.3) is 5.69 Å². The number of carbonyl (C=O) groups is 1. The molecule has 2 aromatic carbocycles. The maximum atomic E-state index is 12.5. The minimum Gasteiger partial charge on any atom is -0.480 e. The third kappa shape index (κ3) is 2.65. The zero-order valence-corrected chi connectivity index (χ0v) is 13.3. The van der Waals surface area contributed by atoms with Gasteiger partial charge in [0, 0.05) is 6.42 Å². The van der Waals surface area contributed by atoms with E-state index in [0.29, 0.717) is 12.1 Å². The molecule has 5 heteroatoms. The van der Waals surface area contributed by atoms with Gasteiger partial charge >= 0.3 is 0 Å². The van der Waals surface area contributed by atoms with Crippen LogP contribution in [0.2, 0.25) is 0 Å². The molecular formula is C19H17N3O2. The first kappa shape index (κ1) is 14.5. The molecule has 1 aromatic heterocycles. The summed E-state index contributed by atoms with van der Waals surface area (Å²) in [6.45, 7) is 1.87. The van der Waals surface area contributed by atoms with Gasteiger partial charge < -0.3 is 10.1 Å². The van der Waals surface area contributed by atoms with E-state index in [0.717, 1.165) is 22.7 Å². The molecule has 0 fully saturated rings. The number of amides is 1. The molecule has 0 saturated heterocycles. The summed E-state index contributed by atoms with van der Waals surface area (Å²) in [6, 6.07) is 17.5. The minimum absolute atomic E-state index is 0.151. The molecule has 0 saturated carbocycles. The summed E-state index contributed by atoms with van der Waals surface area (Å²) in [5, 5.41) is 7.39. The normalized spacial score (nSPS) is 15.6. The van der Waals surface area contributed by atoms with Gasteiger partial charge in [0.1, 0.15) is 5.75 Å². The molecule has 0 radical (unpaired) electrons. The monoisotopic (exact) mass is 319 g/mol. The number of nitrogens with one attached hydrogen (secondary N) is 1. The van der Waals surface area contributed by atoms with E-state index < -0.39 is 6.10 Å². The number of benzene rings is 2. The quantitative estimate of drug-likeness (QED) is 0.807. The number of aryl methyl sites for hydroxylation is 1. The van der Waals surface area contributed by atoms with Crippen LogP contribution in [0, 0.1) is 6.92 Å². The second-order valence-electron chi connectivity index (χ2n) is 5.82. The van der Waals surface area contributed by atoms with Crippen molar-refractivity contribution >= 4 is 11.6 Å². The molecule has 1 N–H and O–H groups in total. The summed E-state index contributed by atoms with van der Waals surface area (Å²) >= 11 is 0. The van der Waals surface area contributed by atoms with Crippen LogP contribution < -0.4 is 10.1 Å². The lowest BCUT2D eigenvalue weighted by molar-refractivity contribution is -0.122. The van der Waals surface area contributed by atoms with Crippen molar-refractivity contribution in [3.8, 4) is 11.4 Å². The van der Waals surface area contributed by atoms with Crippen LogP contribution in [-0.2, 0) is 11.2 Å². The number of nitrogens with zero attached hydrogens (tertiary/aromatic N) is 2. The summed E-state index contributed by atoms with van der Waals surface area (Å²) in [6.07, 6.45) is 1.92. The molecule has 1 aliphatic heterocycles. The molecule has 0 aliphatic carbocycles. The molecular weight excluding hydrogens is 302 g/mol. The van der Waals surface area contributed by atoms with Crippen LogP contribution >= 0.6 is 0 Å². The van der Waals surface area contributed by atoms with E-state index in [1.54, 1.807) is 4.68 Å². The van der Waals surface area contributed by atoms with Gasteiger partial charge in [-0.1, -0.05) is 36.4 Å². The summed E-state index contributed by atoms with van der Waals surface area (Å²) in [5.41, 5.74) is 3.48. The van der Waals surface area contributed by atoms with E-state index in [1.165, 1.54) is 0 Å². The van der Waals surface area contributed by atoms with Crippen LogP contribution in [-0.4, -0.2) is 21.8 Å². The van der Waals surface area contributed by atoms with E-state index in [-0.39, 0.29) is 5.91 Å². The van der Waals surface area contributed by atoms with Gasteiger partial charge in [-0.2, -0.15) is 5.10 Å². The van der Waals surface area contributed by atoms with Crippen LogP contribution in [0.5, 0.6) is 5.75 Å². The van der Waals surface area contributed by atoms with Crippen LogP contribution in [0.15, 0.2) is 60.8 Å². The van der Waals surface area contributed by atoms with E-state index in [9.17, 15) is 4.79 Å². The lowest BCUT2D eigenvalue weighted by Crippen LogP contribution is -2.31. The molecule has 2 heterocycles. The van der Waals surface area contributed by atoms with E-state index >= 15 is 0 Å². The second-order valence-corrected chi connectivity index (χ2v) is 5.82. The Balaban J connectivity index is 1.50. The molecule has 1 aliphatic rings. The van der Waals surface area contributed by atoms with Crippen molar-refractivity contribution in [1.82, 2.24) is 9.78 Å². The molecule has 3 aromatic rings. The Kier molecular flexibility index (Phi) is 3.54. The summed E-state index contributed by atoms with van der Waals surface area (Å²) in [7, 11) is 0. The number of hydrogen-bond acceptors (Lipinski definition) is 3. The Morgan fingerprint density at radius 3 is 2.71 bits per heavy atom. The number of fused-ring (bicyclic) bond motifs is 1. The van der Waals surface area contributed by atoms with Gasteiger partial charge in [0.2, 0.25) is 0 Å². The second kappa shape index (κ2) is 5.85. The molecule has 120 valence electrons. The van der Waals surface area contributed by atoms with E-state index in [1.807, 2.05) is 67.7 Å². The molecule has 0 spiro atoms. The lowest BCUT2D eigenvalue weighted by Gasteiger charge is -2.10. The number of aromatic nitrogens is 2. The zero-order valence-electron chi connectivity index (χ0n) is 13.3. The number of hydrogen-bond donors (Lipinski definition) is 1. The number of para-hydroxylation sites is 2. The average Bonchev–Trinajstić information content (AvgIpc) is 3.20. The smallest absolute Gasteiger partial charge is 0.265 e. The van der Waals surface area contributed by atoms with Gasteiger partial charge in [-0.25, -0.2) is 4.68 Å². The van der Waals surface area contributed by atoms with Crippen molar-refractivity contribution in [3.63, 3.8) is 0 Å². The summed E-state index contributed by atoms with van der Waals surface area (Å²) in [5.74, 6) is 0.635. The highest BCUT2D eigenvalue weighted by Gasteiger charge is 2.29. The van der Waals surface area contributed by atoms with Gasteiger partial charge in [0.25, 0.3) is 5.91 Å². The van der Waals surface area contributed by atoms with Crippen molar-refractivity contribution in [1.29, 1.82) is 0 Å². The molecule has 24 heavy (non-hydrogen) atoms. The van der Waals surface area contributed by atoms with Crippen molar-refractivity contribution in [2.45, 2.75) is 19.4 Å². The Hall–Kier alpha value is -3.08. The largest absolute Gasteiger partial charge is 0.480 e. The van der Waals surface area contributed by atoms with Crippen molar-refractivity contribution < 1.29 is 9.53 Å². The fourth-order valence-corrected chi connectivity index (χ4v) is 2.84. The summed E-state index contributed by atoms with van der Waals surface area (Å²) < 4.78 is 7.49. The first-order valence-corrected chi connectivity index (χ1v) is 7.88. The van der Waals surface area contributed by atoms with Gasteiger partial charge in [-0.15, -0.1) is 0 Å². The van der Waals surface area contributed by atoms with Gasteiger partial charge in [0.15, 0.2) is 6.10 Å². The first-order chi connectivity index (χ1) is 11.7. The Bertz CT molecular complexity index is 862. The molecule has 1 amide bonds. The molecule has 1 atom stereocenters. The van der Waals surface area contributed by atoms with Crippen molar-refractivity contribution in [2.75, 3.05) is 5.32 Å². The number of anilines is 1. The highest BCUT2D eigenvalue weighted by Crippen LogP contribution is 2.29. The van der Waals surface area contributed by atoms with Crippen molar-refractivity contribution in [3.05, 3.63) is 72.1 Å². The maximum absolute atomic E-state index is 12.5.